The molecule has 1 saturated heterocycles. The zero-order chi connectivity index (χ0) is 19.8. The number of nitro groups is 1. The molecule has 1 heterocycles. The number of non-ortho nitro benzene ring substituents is 1. The van der Waals surface area contributed by atoms with Gasteiger partial charge >= 0.3 is 0 Å². The standard InChI is InChI=1S/C20H23N5O3/c26-20(22-21-14-17-6-8-19(9-7-17)25(27)28)16-24-12-10-23(11-13-24)15-18-4-2-1-3-5-18/h1-9,14H,10-13,15-16H2,(H,22,26)/p+2. The van der Waals surface area contributed by atoms with E-state index < -0.39 is 4.92 Å². The molecule has 0 radical (unpaired) electrons. The summed E-state index contributed by atoms with van der Waals surface area (Å²) in [7, 11) is 0. The van der Waals surface area contributed by atoms with Gasteiger partial charge in [0.05, 0.1) is 11.1 Å². The zero-order valence-electron chi connectivity index (χ0n) is 15.6. The number of nitrogens with one attached hydrogen (secondary N) is 3. The predicted molar refractivity (Wildman–Crippen MR) is 105 cm³/mol. The van der Waals surface area contributed by atoms with Crippen LogP contribution in [-0.2, 0) is 11.3 Å². The number of carbonyl (C=O) groups excluding carboxylic acids is 1. The summed E-state index contributed by atoms with van der Waals surface area (Å²) in [4.78, 5) is 25.1. The summed E-state index contributed by atoms with van der Waals surface area (Å²) in [5.41, 5.74) is 4.60. The molecule has 1 amide bonds. The fourth-order valence-corrected chi connectivity index (χ4v) is 3.32. The summed E-state index contributed by atoms with van der Waals surface area (Å²) in [6.07, 6.45) is 1.49. The van der Waals surface area contributed by atoms with E-state index in [1.54, 1.807) is 17.0 Å². The smallest absolute Gasteiger partial charge is 0.295 e. The van der Waals surface area contributed by atoms with Crippen molar-refractivity contribution in [3.8, 4) is 0 Å². The van der Waals surface area contributed by atoms with Crippen LogP contribution < -0.4 is 15.2 Å². The van der Waals surface area contributed by atoms with Crippen molar-refractivity contribution in [1.29, 1.82) is 0 Å². The Balaban J connectivity index is 1.38. The van der Waals surface area contributed by atoms with Crippen molar-refractivity contribution >= 4 is 17.8 Å². The van der Waals surface area contributed by atoms with E-state index >= 15 is 0 Å². The fourth-order valence-electron chi connectivity index (χ4n) is 3.32. The number of hydrogen-bond donors (Lipinski definition) is 3. The lowest BCUT2D eigenvalue weighted by atomic mass is 10.2. The van der Waals surface area contributed by atoms with Crippen molar-refractivity contribution in [2.45, 2.75) is 6.54 Å². The molecular weight excluding hydrogens is 358 g/mol. The first-order chi connectivity index (χ1) is 13.6. The van der Waals surface area contributed by atoms with Crippen LogP contribution in [0.4, 0.5) is 5.69 Å². The van der Waals surface area contributed by atoms with Gasteiger partial charge in [0, 0.05) is 17.7 Å². The Morgan fingerprint density at radius 3 is 2.32 bits per heavy atom. The lowest BCUT2D eigenvalue weighted by Gasteiger charge is -2.29. The minimum absolute atomic E-state index is 0.0262. The molecule has 146 valence electrons. The molecule has 8 nitrogen and oxygen atoms in total. The van der Waals surface area contributed by atoms with Crippen LogP contribution in [-0.4, -0.2) is 49.8 Å². The monoisotopic (exact) mass is 383 g/mol. The predicted octanol–water partition coefficient (Wildman–Crippen LogP) is -0.971. The maximum absolute atomic E-state index is 12.1. The Kier molecular flexibility index (Phi) is 6.83. The molecule has 1 aliphatic rings. The third kappa shape index (κ3) is 5.97. The number of piperazine rings is 1. The second-order valence-corrected chi connectivity index (χ2v) is 6.98. The molecule has 1 fully saturated rings. The average molecular weight is 383 g/mol. The van der Waals surface area contributed by atoms with E-state index in [2.05, 4.69) is 34.8 Å². The van der Waals surface area contributed by atoms with Gasteiger partial charge in [-0.2, -0.15) is 5.10 Å². The van der Waals surface area contributed by atoms with Gasteiger partial charge in [0.15, 0.2) is 6.54 Å². The van der Waals surface area contributed by atoms with Crippen LogP contribution in [0.3, 0.4) is 0 Å². The molecule has 0 aromatic heterocycles. The Labute approximate surface area is 163 Å². The van der Waals surface area contributed by atoms with E-state index in [1.165, 1.54) is 28.8 Å². The molecule has 2 aromatic carbocycles. The molecule has 3 N–H and O–H groups in total. The number of benzene rings is 2. The summed E-state index contributed by atoms with van der Waals surface area (Å²) in [5.74, 6) is -0.125. The topological polar surface area (TPSA) is 93.5 Å². The number of nitrogens with zero attached hydrogens (tertiary/aromatic N) is 2. The van der Waals surface area contributed by atoms with E-state index in [-0.39, 0.29) is 11.6 Å². The highest BCUT2D eigenvalue weighted by atomic mass is 16.6. The van der Waals surface area contributed by atoms with Gasteiger partial charge in [0.25, 0.3) is 11.6 Å². The SMILES string of the molecule is O=C(C[NH+]1CC[NH+](Cc2ccccc2)CC1)NN=Cc1ccc([N+](=O)[O-])cc1. The van der Waals surface area contributed by atoms with Crippen LogP contribution >= 0.6 is 0 Å². The molecular formula is C20H25N5O3+2. The summed E-state index contributed by atoms with van der Waals surface area (Å²) in [6, 6.07) is 16.5. The number of hydrogen-bond acceptors (Lipinski definition) is 4. The first-order valence-corrected chi connectivity index (χ1v) is 9.37. The van der Waals surface area contributed by atoms with Crippen molar-refractivity contribution in [3.05, 3.63) is 75.8 Å². The van der Waals surface area contributed by atoms with Crippen molar-refractivity contribution in [2.24, 2.45) is 5.10 Å². The van der Waals surface area contributed by atoms with Crippen LogP contribution in [0.1, 0.15) is 11.1 Å². The summed E-state index contributed by atoms with van der Waals surface area (Å²) < 4.78 is 0. The summed E-state index contributed by atoms with van der Waals surface area (Å²) in [5, 5.41) is 14.6. The highest BCUT2D eigenvalue weighted by molar-refractivity contribution is 5.82. The second-order valence-electron chi connectivity index (χ2n) is 6.98. The van der Waals surface area contributed by atoms with Gasteiger partial charge in [-0.05, 0) is 17.7 Å². The highest BCUT2D eigenvalue weighted by Crippen LogP contribution is 2.10. The van der Waals surface area contributed by atoms with Crippen molar-refractivity contribution in [3.63, 3.8) is 0 Å². The molecule has 0 spiro atoms. The lowest BCUT2D eigenvalue weighted by molar-refractivity contribution is -1.02. The van der Waals surface area contributed by atoms with Gasteiger partial charge in [-0.3, -0.25) is 14.9 Å². The Bertz CT molecular complexity index is 815. The van der Waals surface area contributed by atoms with Crippen molar-refractivity contribution < 1.29 is 19.5 Å². The second kappa shape index (κ2) is 9.72. The fraction of sp³-hybridized carbons (Fsp3) is 0.300. The minimum atomic E-state index is -0.452. The van der Waals surface area contributed by atoms with Gasteiger partial charge in [-0.25, -0.2) is 5.43 Å². The van der Waals surface area contributed by atoms with Crippen LogP contribution in [0.2, 0.25) is 0 Å². The molecule has 1 aliphatic heterocycles. The molecule has 0 bridgehead atoms. The van der Waals surface area contributed by atoms with E-state index in [1.807, 2.05) is 6.07 Å². The number of carbonyl (C=O) groups is 1. The van der Waals surface area contributed by atoms with E-state index in [4.69, 9.17) is 0 Å². The Morgan fingerprint density at radius 2 is 1.68 bits per heavy atom. The number of hydrazone groups is 1. The third-order valence-electron chi connectivity index (χ3n) is 4.88. The normalized spacial score (nSPS) is 19.4. The average Bonchev–Trinajstić information content (AvgIpc) is 2.71. The van der Waals surface area contributed by atoms with Crippen LogP contribution in [0, 0.1) is 10.1 Å². The van der Waals surface area contributed by atoms with E-state index in [9.17, 15) is 14.9 Å². The number of rotatable bonds is 7. The van der Waals surface area contributed by atoms with Gasteiger partial charge in [-0.15, -0.1) is 0 Å². The van der Waals surface area contributed by atoms with Crippen LogP contribution in [0.25, 0.3) is 0 Å². The van der Waals surface area contributed by atoms with Gasteiger partial charge < -0.3 is 9.80 Å². The van der Waals surface area contributed by atoms with Crippen molar-refractivity contribution in [2.75, 3.05) is 32.7 Å². The lowest BCUT2D eigenvalue weighted by Crippen LogP contribution is -3.28. The van der Waals surface area contributed by atoms with Gasteiger partial charge in [-0.1, -0.05) is 30.3 Å². The molecule has 0 saturated carbocycles. The van der Waals surface area contributed by atoms with E-state index in [0.29, 0.717) is 12.1 Å². The molecule has 0 aliphatic carbocycles. The molecule has 2 aromatic rings. The summed E-state index contributed by atoms with van der Waals surface area (Å²) in [6.45, 7) is 5.44. The van der Waals surface area contributed by atoms with E-state index in [0.717, 1.165) is 32.7 Å². The maximum Gasteiger partial charge on any atom is 0.295 e. The molecule has 3 rings (SSSR count). The number of amides is 1. The highest BCUT2D eigenvalue weighted by Gasteiger charge is 2.24. The van der Waals surface area contributed by atoms with Crippen LogP contribution in [0.15, 0.2) is 59.7 Å². The molecule has 28 heavy (non-hydrogen) atoms. The molecule has 0 unspecified atom stereocenters. The Morgan fingerprint density at radius 1 is 1.04 bits per heavy atom. The van der Waals surface area contributed by atoms with Crippen molar-refractivity contribution in [1.82, 2.24) is 5.43 Å². The maximum atomic E-state index is 12.1. The first kappa shape index (κ1) is 19.7. The number of nitro benzene ring substituents is 1. The Hall–Kier alpha value is -3.10. The first-order valence-electron chi connectivity index (χ1n) is 9.37. The largest absolute Gasteiger partial charge is 0.322 e. The third-order valence-corrected chi connectivity index (χ3v) is 4.88. The van der Waals surface area contributed by atoms with Crippen LogP contribution in [0.5, 0.6) is 0 Å². The number of quaternary nitrogens is 2. The van der Waals surface area contributed by atoms with Gasteiger partial charge in [0.2, 0.25) is 0 Å². The molecule has 0 atom stereocenters. The zero-order valence-corrected chi connectivity index (χ0v) is 15.6. The molecule has 8 heteroatoms. The quantitative estimate of drug-likeness (QED) is 0.326. The minimum Gasteiger partial charge on any atom is -0.322 e. The van der Waals surface area contributed by atoms with Gasteiger partial charge in [0.1, 0.15) is 32.7 Å². The summed E-state index contributed by atoms with van der Waals surface area (Å²) >= 11 is 0.